The van der Waals surface area contributed by atoms with Gasteiger partial charge in [-0.1, -0.05) is 13.8 Å². The van der Waals surface area contributed by atoms with Crippen LogP contribution in [0.2, 0.25) is 0 Å². The molecule has 0 saturated heterocycles. The Morgan fingerprint density at radius 3 is 2.81 bits per heavy atom. The lowest BCUT2D eigenvalue weighted by Crippen LogP contribution is -2.34. The van der Waals surface area contributed by atoms with Crippen LogP contribution in [0, 0.1) is 5.92 Å². The van der Waals surface area contributed by atoms with E-state index in [1.54, 1.807) is 6.33 Å². The van der Waals surface area contributed by atoms with Crippen molar-refractivity contribution in [3.05, 3.63) is 18.2 Å². The highest BCUT2D eigenvalue weighted by Crippen LogP contribution is 1.94. The smallest absolute Gasteiger partial charge is 0.222 e. The standard InChI is InChI=1S/C11H20N4O/c1-9(2)11(16)14-5-4-12-6-10-7-13-8-15(10)3/h7-9,12H,4-6H2,1-3H3,(H,14,16). The lowest BCUT2D eigenvalue weighted by molar-refractivity contribution is -0.123. The second-order valence-corrected chi connectivity index (χ2v) is 4.12. The number of nitrogens with one attached hydrogen (secondary N) is 2. The summed E-state index contributed by atoms with van der Waals surface area (Å²) < 4.78 is 1.97. The molecular weight excluding hydrogens is 204 g/mol. The molecule has 1 amide bonds. The van der Waals surface area contributed by atoms with E-state index < -0.39 is 0 Å². The maximum Gasteiger partial charge on any atom is 0.222 e. The molecule has 0 aliphatic rings. The summed E-state index contributed by atoms with van der Waals surface area (Å²) in [6, 6.07) is 0. The van der Waals surface area contributed by atoms with Gasteiger partial charge in [0.1, 0.15) is 0 Å². The number of hydrogen-bond donors (Lipinski definition) is 2. The Bertz CT molecular complexity index is 332. The molecule has 0 spiro atoms. The van der Waals surface area contributed by atoms with Crippen LogP contribution in [0.3, 0.4) is 0 Å². The fraction of sp³-hybridized carbons (Fsp3) is 0.636. The lowest BCUT2D eigenvalue weighted by atomic mass is 10.2. The monoisotopic (exact) mass is 224 g/mol. The first kappa shape index (κ1) is 12.7. The molecule has 5 heteroatoms. The molecule has 0 radical (unpaired) electrons. The molecule has 90 valence electrons. The van der Waals surface area contributed by atoms with Crippen molar-refractivity contribution < 1.29 is 4.79 Å². The molecule has 5 nitrogen and oxygen atoms in total. The van der Waals surface area contributed by atoms with Crippen LogP contribution < -0.4 is 10.6 Å². The van der Waals surface area contributed by atoms with Crippen molar-refractivity contribution in [3.8, 4) is 0 Å². The summed E-state index contributed by atoms with van der Waals surface area (Å²) in [5, 5.41) is 6.10. The van der Waals surface area contributed by atoms with Crippen LogP contribution in [0.25, 0.3) is 0 Å². The molecular formula is C11H20N4O. The highest BCUT2D eigenvalue weighted by molar-refractivity contribution is 5.77. The minimum atomic E-state index is 0.0528. The van der Waals surface area contributed by atoms with Gasteiger partial charge in [0.25, 0.3) is 0 Å². The maximum absolute atomic E-state index is 11.2. The Labute approximate surface area is 96.3 Å². The van der Waals surface area contributed by atoms with Gasteiger partial charge in [-0.25, -0.2) is 4.98 Å². The Morgan fingerprint density at radius 2 is 2.25 bits per heavy atom. The van der Waals surface area contributed by atoms with Gasteiger partial charge in [0.15, 0.2) is 0 Å². The van der Waals surface area contributed by atoms with Crippen molar-refractivity contribution in [1.82, 2.24) is 20.2 Å². The molecule has 0 saturated carbocycles. The Morgan fingerprint density at radius 1 is 1.50 bits per heavy atom. The largest absolute Gasteiger partial charge is 0.355 e. The molecule has 0 unspecified atom stereocenters. The second kappa shape index (κ2) is 6.27. The van der Waals surface area contributed by atoms with Gasteiger partial charge in [-0.15, -0.1) is 0 Å². The summed E-state index contributed by atoms with van der Waals surface area (Å²) in [6.45, 7) is 5.98. The van der Waals surface area contributed by atoms with Gasteiger partial charge < -0.3 is 15.2 Å². The number of hydrogen-bond acceptors (Lipinski definition) is 3. The number of nitrogens with zero attached hydrogens (tertiary/aromatic N) is 2. The van der Waals surface area contributed by atoms with Gasteiger partial charge in [-0.05, 0) is 0 Å². The molecule has 0 atom stereocenters. The third kappa shape index (κ3) is 4.02. The van der Waals surface area contributed by atoms with Crippen molar-refractivity contribution in [2.45, 2.75) is 20.4 Å². The fourth-order valence-corrected chi connectivity index (χ4v) is 1.25. The number of carbonyl (C=O) groups excluding carboxylic acids is 1. The first-order valence-electron chi connectivity index (χ1n) is 5.55. The highest BCUT2D eigenvalue weighted by Gasteiger charge is 2.04. The molecule has 1 rings (SSSR count). The van der Waals surface area contributed by atoms with E-state index in [0.29, 0.717) is 6.54 Å². The van der Waals surface area contributed by atoms with E-state index in [0.717, 1.165) is 18.8 Å². The van der Waals surface area contributed by atoms with Gasteiger partial charge >= 0.3 is 0 Å². The molecule has 0 aliphatic heterocycles. The van der Waals surface area contributed by atoms with Crippen LogP contribution in [0.1, 0.15) is 19.5 Å². The summed E-state index contributed by atoms with van der Waals surface area (Å²) in [5.41, 5.74) is 1.13. The molecule has 1 aromatic heterocycles. The second-order valence-electron chi connectivity index (χ2n) is 4.12. The molecule has 0 aromatic carbocycles. The van der Waals surface area contributed by atoms with Crippen molar-refractivity contribution in [2.75, 3.05) is 13.1 Å². The molecule has 0 bridgehead atoms. The van der Waals surface area contributed by atoms with E-state index in [-0.39, 0.29) is 11.8 Å². The highest BCUT2D eigenvalue weighted by atomic mass is 16.1. The van der Waals surface area contributed by atoms with Crippen LogP contribution in [0.4, 0.5) is 0 Å². The summed E-state index contributed by atoms with van der Waals surface area (Å²) in [6.07, 6.45) is 3.61. The molecule has 0 aliphatic carbocycles. The van der Waals surface area contributed by atoms with Gasteiger partial charge in [-0.2, -0.15) is 0 Å². The Kier molecular flexibility index (Phi) is 4.98. The third-order valence-corrected chi connectivity index (χ3v) is 2.35. The summed E-state index contributed by atoms with van der Waals surface area (Å²) in [5.74, 6) is 0.152. The van der Waals surface area contributed by atoms with Gasteiger partial charge in [-0.3, -0.25) is 4.79 Å². The van der Waals surface area contributed by atoms with Crippen molar-refractivity contribution >= 4 is 5.91 Å². The fourth-order valence-electron chi connectivity index (χ4n) is 1.25. The summed E-state index contributed by atoms with van der Waals surface area (Å²) >= 11 is 0. The van der Waals surface area contributed by atoms with Gasteiger partial charge in [0.05, 0.1) is 12.0 Å². The van der Waals surface area contributed by atoms with E-state index in [4.69, 9.17) is 0 Å². The van der Waals surface area contributed by atoms with E-state index in [9.17, 15) is 4.79 Å². The van der Waals surface area contributed by atoms with Crippen LogP contribution in [0.15, 0.2) is 12.5 Å². The molecule has 2 N–H and O–H groups in total. The van der Waals surface area contributed by atoms with E-state index in [2.05, 4.69) is 15.6 Å². The van der Waals surface area contributed by atoms with Crippen LogP contribution >= 0.6 is 0 Å². The zero-order valence-corrected chi connectivity index (χ0v) is 10.2. The SMILES string of the molecule is CC(C)C(=O)NCCNCc1cncn1C. The molecule has 0 fully saturated rings. The van der Waals surface area contributed by atoms with Crippen LogP contribution in [-0.2, 0) is 18.4 Å². The number of aromatic nitrogens is 2. The quantitative estimate of drug-likeness (QED) is 0.682. The number of amides is 1. The Balaban J connectivity index is 2.09. The van der Waals surface area contributed by atoms with Crippen LogP contribution in [-0.4, -0.2) is 28.5 Å². The van der Waals surface area contributed by atoms with Gasteiger partial charge in [0, 0.05) is 38.8 Å². The van der Waals surface area contributed by atoms with Crippen molar-refractivity contribution in [1.29, 1.82) is 0 Å². The van der Waals surface area contributed by atoms with Crippen molar-refractivity contribution in [2.24, 2.45) is 13.0 Å². The van der Waals surface area contributed by atoms with E-state index in [1.165, 1.54) is 0 Å². The topological polar surface area (TPSA) is 59.0 Å². The van der Waals surface area contributed by atoms with Gasteiger partial charge in [0.2, 0.25) is 5.91 Å². The number of aryl methyl sites for hydroxylation is 1. The van der Waals surface area contributed by atoms with Crippen LogP contribution in [0.5, 0.6) is 0 Å². The number of rotatable bonds is 6. The number of imidazole rings is 1. The van der Waals surface area contributed by atoms with Crippen molar-refractivity contribution in [3.63, 3.8) is 0 Å². The molecule has 1 heterocycles. The Hall–Kier alpha value is -1.36. The normalized spacial score (nSPS) is 10.8. The molecule has 16 heavy (non-hydrogen) atoms. The third-order valence-electron chi connectivity index (χ3n) is 2.35. The average molecular weight is 224 g/mol. The first-order chi connectivity index (χ1) is 7.61. The minimum Gasteiger partial charge on any atom is -0.355 e. The molecule has 1 aromatic rings. The predicted octanol–water partition coefficient (Wildman–Crippen LogP) is 0.282. The average Bonchev–Trinajstić information content (AvgIpc) is 2.63. The predicted molar refractivity (Wildman–Crippen MR) is 62.8 cm³/mol. The van der Waals surface area contributed by atoms with E-state index >= 15 is 0 Å². The zero-order chi connectivity index (χ0) is 12.0. The minimum absolute atomic E-state index is 0.0528. The number of carbonyl (C=O) groups is 1. The summed E-state index contributed by atoms with van der Waals surface area (Å²) in [7, 11) is 1.96. The lowest BCUT2D eigenvalue weighted by Gasteiger charge is -2.08. The van der Waals surface area contributed by atoms with E-state index in [1.807, 2.05) is 31.7 Å². The first-order valence-corrected chi connectivity index (χ1v) is 5.55. The maximum atomic E-state index is 11.2. The zero-order valence-electron chi connectivity index (χ0n) is 10.2. The summed E-state index contributed by atoms with van der Waals surface area (Å²) in [4.78, 5) is 15.3.